The molecule has 0 radical (unpaired) electrons. The second kappa shape index (κ2) is 7.02. The van der Waals surface area contributed by atoms with Crippen LogP contribution in [0.3, 0.4) is 0 Å². The summed E-state index contributed by atoms with van der Waals surface area (Å²) in [5, 5.41) is 0. The number of allylic oxidation sites excluding steroid dienone is 1. The van der Waals surface area contributed by atoms with Crippen LogP contribution in [0.25, 0.3) is 0 Å². The SMILES string of the molecule is C=CCCCC(NN)C1CCCCC1. The highest BCUT2D eigenvalue weighted by molar-refractivity contribution is 4.78. The van der Waals surface area contributed by atoms with Gasteiger partial charge in [-0.3, -0.25) is 11.3 Å². The zero-order valence-corrected chi connectivity index (χ0v) is 9.17. The molecule has 0 heterocycles. The number of nitrogens with two attached hydrogens (primary N) is 1. The highest BCUT2D eigenvalue weighted by Gasteiger charge is 2.21. The van der Waals surface area contributed by atoms with E-state index < -0.39 is 0 Å². The molecule has 2 nitrogen and oxygen atoms in total. The van der Waals surface area contributed by atoms with Gasteiger partial charge in [-0.2, -0.15) is 0 Å². The Morgan fingerprint density at radius 3 is 2.64 bits per heavy atom. The van der Waals surface area contributed by atoms with Gasteiger partial charge in [0.15, 0.2) is 0 Å². The minimum Gasteiger partial charge on any atom is -0.271 e. The van der Waals surface area contributed by atoms with E-state index in [9.17, 15) is 0 Å². The van der Waals surface area contributed by atoms with E-state index in [1.807, 2.05) is 6.08 Å². The maximum absolute atomic E-state index is 5.61. The van der Waals surface area contributed by atoms with Crippen LogP contribution < -0.4 is 11.3 Å². The van der Waals surface area contributed by atoms with Crippen LogP contribution in [0, 0.1) is 5.92 Å². The van der Waals surface area contributed by atoms with Crippen LogP contribution in [-0.4, -0.2) is 6.04 Å². The van der Waals surface area contributed by atoms with Crippen molar-refractivity contribution in [3.63, 3.8) is 0 Å². The molecule has 1 atom stereocenters. The first-order valence-corrected chi connectivity index (χ1v) is 5.95. The molecule has 0 bridgehead atoms. The second-order valence-electron chi connectivity index (χ2n) is 4.39. The van der Waals surface area contributed by atoms with E-state index >= 15 is 0 Å². The highest BCUT2D eigenvalue weighted by Crippen LogP contribution is 2.28. The Morgan fingerprint density at radius 2 is 2.07 bits per heavy atom. The van der Waals surface area contributed by atoms with Gasteiger partial charge in [-0.05, 0) is 38.0 Å². The van der Waals surface area contributed by atoms with Gasteiger partial charge >= 0.3 is 0 Å². The summed E-state index contributed by atoms with van der Waals surface area (Å²) in [5.41, 5.74) is 3.00. The zero-order chi connectivity index (χ0) is 10.2. The van der Waals surface area contributed by atoms with Gasteiger partial charge in [-0.15, -0.1) is 6.58 Å². The molecule has 1 aliphatic rings. The van der Waals surface area contributed by atoms with Gasteiger partial charge in [-0.25, -0.2) is 0 Å². The lowest BCUT2D eigenvalue weighted by molar-refractivity contribution is 0.257. The maximum atomic E-state index is 5.61. The number of nitrogens with one attached hydrogen (secondary N) is 1. The van der Waals surface area contributed by atoms with Gasteiger partial charge < -0.3 is 0 Å². The van der Waals surface area contributed by atoms with Crippen molar-refractivity contribution in [2.45, 2.75) is 57.4 Å². The lowest BCUT2D eigenvalue weighted by Gasteiger charge is -2.29. The van der Waals surface area contributed by atoms with Gasteiger partial charge in [0.2, 0.25) is 0 Å². The van der Waals surface area contributed by atoms with Crippen molar-refractivity contribution in [1.82, 2.24) is 5.43 Å². The standard InChI is InChI=1S/C12H24N2/c1-2-3-5-10-12(14-13)11-8-6-4-7-9-11/h2,11-12,14H,1,3-10,13H2. The van der Waals surface area contributed by atoms with E-state index in [-0.39, 0.29) is 0 Å². The molecule has 1 fully saturated rings. The molecular weight excluding hydrogens is 172 g/mol. The lowest BCUT2D eigenvalue weighted by Crippen LogP contribution is -2.41. The zero-order valence-electron chi connectivity index (χ0n) is 9.17. The Morgan fingerprint density at radius 1 is 1.36 bits per heavy atom. The van der Waals surface area contributed by atoms with E-state index in [1.54, 1.807) is 0 Å². The molecule has 3 N–H and O–H groups in total. The third kappa shape index (κ3) is 3.81. The summed E-state index contributed by atoms with van der Waals surface area (Å²) in [6.07, 6.45) is 12.5. The van der Waals surface area contributed by atoms with Gasteiger partial charge in [0.25, 0.3) is 0 Å². The first-order valence-electron chi connectivity index (χ1n) is 5.95. The normalized spacial score (nSPS) is 20.6. The van der Waals surface area contributed by atoms with Crippen LogP contribution in [0.1, 0.15) is 51.4 Å². The maximum Gasteiger partial charge on any atom is 0.0238 e. The molecule has 0 aromatic carbocycles. The highest BCUT2D eigenvalue weighted by atomic mass is 15.2. The number of hydrogen-bond donors (Lipinski definition) is 2. The van der Waals surface area contributed by atoms with Crippen molar-refractivity contribution in [3.8, 4) is 0 Å². The van der Waals surface area contributed by atoms with Gasteiger partial charge in [0.1, 0.15) is 0 Å². The third-order valence-electron chi connectivity index (χ3n) is 3.36. The molecule has 1 aliphatic carbocycles. The van der Waals surface area contributed by atoms with Crippen molar-refractivity contribution < 1.29 is 0 Å². The van der Waals surface area contributed by atoms with Gasteiger partial charge in [-0.1, -0.05) is 25.3 Å². The fourth-order valence-electron chi connectivity index (χ4n) is 2.47. The average Bonchev–Trinajstić information content (AvgIpc) is 2.26. The number of hydrazine groups is 1. The van der Waals surface area contributed by atoms with Crippen molar-refractivity contribution in [2.24, 2.45) is 11.8 Å². The van der Waals surface area contributed by atoms with Crippen LogP contribution in [0.15, 0.2) is 12.7 Å². The van der Waals surface area contributed by atoms with E-state index in [2.05, 4.69) is 12.0 Å². The van der Waals surface area contributed by atoms with E-state index in [4.69, 9.17) is 5.84 Å². The number of unbranched alkanes of at least 4 members (excludes halogenated alkanes) is 1. The molecule has 1 rings (SSSR count). The monoisotopic (exact) mass is 196 g/mol. The lowest BCUT2D eigenvalue weighted by atomic mass is 9.82. The van der Waals surface area contributed by atoms with Crippen LogP contribution >= 0.6 is 0 Å². The smallest absolute Gasteiger partial charge is 0.0238 e. The minimum atomic E-state index is 0.537. The van der Waals surface area contributed by atoms with Crippen LogP contribution in [0.5, 0.6) is 0 Å². The van der Waals surface area contributed by atoms with Crippen molar-refractivity contribution in [2.75, 3.05) is 0 Å². The Labute approximate surface area is 87.9 Å². The van der Waals surface area contributed by atoms with Crippen molar-refractivity contribution in [1.29, 1.82) is 0 Å². The first kappa shape index (κ1) is 11.7. The van der Waals surface area contributed by atoms with Crippen molar-refractivity contribution >= 4 is 0 Å². The predicted octanol–water partition coefficient (Wildman–Crippen LogP) is 2.75. The molecule has 0 aliphatic heterocycles. The largest absolute Gasteiger partial charge is 0.271 e. The summed E-state index contributed by atoms with van der Waals surface area (Å²) in [5.74, 6) is 6.43. The molecule has 1 unspecified atom stereocenters. The second-order valence-corrected chi connectivity index (χ2v) is 4.39. The summed E-state index contributed by atoms with van der Waals surface area (Å²) in [4.78, 5) is 0. The van der Waals surface area contributed by atoms with E-state index in [1.165, 1.54) is 44.9 Å². The molecule has 0 aromatic rings. The fraction of sp³-hybridized carbons (Fsp3) is 0.833. The molecule has 0 saturated heterocycles. The Balaban J connectivity index is 2.24. The van der Waals surface area contributed by atoms with Crippen LogP contribution in [0.2, 0.25) is 0 Å². The molecule has 82 valence electrons. The third-order valence-corrected chi connectivity index (χ3v) is 3.36. The molecule has 14 heavy (non-hydrogen) atoms. The van der Waals surface area contributed by atoms with E-state index in [0.29, 0.717) is 6.04 Å². The molecule has 1 saturated carbocycles. The molecule has 0 spiro atoms. The Bertz CT molecular complexity index is 150. The molecular formula is C12H24N2. The summed E-state index contributed by atoms with van der Waals surface area (Å²) < 4.78 is 0. The van der Waals surface area contributed by atoms with Gasteiger partial charge in [0.05, 0.1) is 0 Å². The van der Waals surface area contributed by atoms with Crippen LogP contribution in [0.4, 0.5) is 0 Å². The summed E-state index contributed by atoms with van der Waals surface area (Å²) >= 11 is 0. The summed E-state index contributed by atoms with van der Waals surface area (Å²) in [6.45, 7) is 3.74. The average molecular weight is 196 g/mol. The number of rotatable bonds is 6. The Kier molecular flexibility index (Phi) is 5.88. The Hall–Kier alpha value is -0.340. The summed E-state index contributed by atoms with van der Waals surface area (Å²) in [7, 11) is 0. The number of hydrogen-bond acceptors (Lipinski definition) is 2. The van der Waals surface area contributed by atoms with Crippen molar-refractivity contribution in [3.05, 3.63) is 12.7 Å². The molecule has 0 amide bonds. The molecule has 0 aromatic heterocycles. The molecule has 2 heteroatoms. The topological polar surface area (TPSA) is 38.0 Å². The predicted molar refractivity (Wildman–Crippen MR) is 61.7 cm³/mol. The van der Waals surface area contributed by atoms with Gasteiger partial charge in [0, 0.05) is 6.04 Å². The first-order chi connectivity index (χ1) is 6.88. The quantitative estimate of drug-likeness (QED) is 0.297. The fourth-order valence-corrected chi connectivity index (χ4v) is 2.47. The summed E-state index contributed by atoms with van der Waals surface area (Å²) in [6, 6.07) is 0.537. The van der Waals surface area contributed by atoms with Crippen LogP contribution in [-0.2, 0) is 0 Å². The minimum absolute atomic E-state index is 0.537. The van der Waals surface area contributed by atoms with E-state index in [0.717, 1.165) is 12.3 Å².